The summed E-state index contributed by atoms with van der Waals surface area (Å²) >= 11 is 12.4. The molecule has 0 amide bonds. The van der Waals surface area contributed by atoms with Gasteiger partial charge in [0.1, 0.15) is 5.75 Å². The van der Waals surface area contributed by atoms with Gasteiger partial charge in [-0.25, -0.2) is 0 Å². The van der Waals surface area contributed by atoms with Crippen LogP contribution < -0.4 is 10.1 Å². The van der Waals surface area contributed by atoms with Crippen LogP contribution in [0.2, 0.25) is 10.0 Å². The van der Waals surface area contributed by atoms with Crippen LogP contribution in [-0.4, -0.2) is 13.7 Å². The lowest BCUT2D eigenvalue weighted by molar-refractivity contribution is 0.339. The first-order valence-corrected chi connectivity index (χ1v) is 7.74. The minimum absolute atomic E-state index is 0.154. The Morgan fingerprint density at radius 3 is 2.62 bits per heavy atom. The van der Waals surface area contributed by atoms with Gasteiger partial charge in [0.15, 0.2) is 0 Å². The largest absolute Gasteiger partial charge is 0.494 e. The summed E-state index contributed by atoms with van der Waals surface area (Å²) in [7, 11) is 1.94. The number of ether oxygens (including phenoxy) is 1. The van der Waals surface area contributed by atoms with Gasteiger partial charge in [0.05, 0.1) is 16.7 Å². The molecule has 112 valence electrons. The van der Waals surface area contributed by atoms with E-state index in [1.807, 2.05) is 38.2 Å². The summed E-state index contributed by atoms with van der Waals surface area (Å²) < 4.78 is 5.56. The summed E-state index contributed by atoms with van der Waals surface area (Å²) in [5, 5.41) is 4.54. The molecular weight excluding hydrogens is 305 g/mol. The molecule has 2 aromatic carbocycles. The van der Waals surface area contributed by atoms with Crippen LogP contribution in [0.1, 0.15) is 24.1 Å². The van der Waals surface area contributed by atoms with Crippen molar-refractivity contribution in [1.82, 2.24) is 5.32 Å². The smallest absolute Gasteiger partial charge is 0.119 e. The molecule has 0 fully saturated rings. The van der Waals surface area contributed by atoms with Gasteiger partial charge in [0, 0.05) is 6.04 Å². The average Bonchev–Trinajstić information content (AvgIpc) is 2.49. The molecular formula is C17H19Cl2NO. The third-order valence-corrected chi connectivity index (χ3v) is 4.23. The molecule has 0 aliphatic heterocycles. The summed E-state index contributed by atoms with van der Waals surface area (Å²) in [6.45, 7) is 2.64. The molecule has 0 saturated carbocycles. The topological polar surface area (TPSA) is 21.3 Å². The van der Waals surface area contributed by atoms with Gasteiger partial charge in [-0.05, 0) is 49.7 Å². The summed E-state index contributed by atoms with van der Waals surface area (Å²) in [5.74, 6) is 0.882. The predicted molar refractivity (Wildman–Crippen MR) is 89.6 cm³/mol. The zero-order valence-corrected chi connectivity index (χ0v) is 13.7. The number of likely N-dealkylation sites (N-methyl/N-ethyl adjacent to an activating group) is 1. The van der Waals surface area contributed by atoms with Crippen molar-refractivity contribution in [3.05, 3.63) is 63.6 Å². The molecule has 0 aromatic heterocycles. The second kappa shape index (κ2) is 7.69. The van der Waals surface area contributed by atoms with Crippen molar-refractivity contribution in [1.29, 1.82) is 0 Å². The Bertz CT molecular complexity index is 601. The second-order valence-corrected chi connectivity index (χ2v) is 5.55. The molecule has 2 rings (SSSR count). The first-order valence-electron chi connectivity index (χ1n) is 6.98. The molecule has 0 aliphatic rings. The van der Waals surface area contributed by atoms with Gasteiger partial charge in [0.25, 0.3) is 0 Å². The van der Waals surface area contributed by atoms with Gasteiger partial charge in [-0.15, -0.1) is 0 Å². The Hall–Kier alpha value is -1.22. The van der Waals surface area contributed by atoms with E-state index in [0.717, 1.165) is 17.7 Å². The molecule has 0 heterocycles. The molecule has 1 unspecified atom stereocenters. The quantitative estimate of drug-likeness (QED) is 0.816. The molecule has 0 bridgehead atoms. The highest BCUT2D eigenvalue weighted by atomic mass is 35.5. The first-order chi connectivity index (χ1) is 10.2. The fourth-order valence-electron chi connectivity index (χ4n) is 2.30. The van der Waals surface area contributed by atoms with E-state index in [1.54, 1.807) is 6.07 Å². The normalized spacial score (nSPS) is 12.2. The Morgan fingerprint density at radius 1 is 1.14 bits per heavy atom. The van der Waals surface area contributed by atoms with Crippen LogP contribution >= 0.6 is 23.2 Å². The summed E-state index contributed by atoms with van der Waals surface area (Å²) in [4.78, 5) is 0. The third-order valence-electron chi connectivity index (χ3n) is 3.38. The van der Waals surface area contributed by atoms with E-state index < -0.39 is 0 Å². The molecule has 21 heavy (non-hydrogen) atoms. The Kier molecular flexibility index (Phi) is 5.92. The van der Waals surface area contributed by atoms with Gasteiger partial charge < -0.3 is 10.1 Å². The fraction of sp³-hybridized carbons (Fsp3) is 0.294. The van der Waals surface area contributed by atoms with E-state index in [2.05, 4.69) is 17.4 Å². The SMILES string of the molecule is CCOc1cccc(C(Cc2cccc(Cl)c2Cl)NC)c1. The van der Waals surface area contributed by atoms with E-state index in [9.17, 15) is 0 Å². The van der Waals surface area contributed by atoms with Gasteiger partial charge in [0.2, 0.25) is 0 Å². The minimum atomic E-state index is 0.154. The maximum absolute atomic E-state index is 6.28. The zero-order chi connectivity index (χ0) is 15.2. The summed E-state index contributed by atoms with van der Waals surface area (Å²) in [5.41, 5.74) is 2.20. The molecule has 1 atom stereocenters. The van der Waals surface area contributed by atoms with Crippen LogP contribution in [0.3, 0.4) is 0 Å². The fourth-order valence-corrected chi connectivity index (χ4v) is 2.70. The van der Waals surface area contributed by atoms with Gasteiger partial charge in [-0.2, -0.15) is 0 Å². The van der Waals surface area contributed by atoms with Gasteiger partial charge >= 0.3 is 0 Å². The van der Waals surface area contributed by atoms with Crippen molar-refractivity contribution in [2.75, 3.05) is 13.7 Å². The highest BCUT2D eigenvalue weighted by Gasteiger charge is 2.14. The molecule has 0 aliphatic carbocycles. The Labute approximate surface area is 136 Å². The van der Waals surface area contributed by atoms with E-state index >= 15 is 0 Å². The lowest BCUT2D eigenvalue weighted by Gasteiger charge is -2.18. The number of nitrogens with one attached hydrogen (secondary N) is 1. The average molecular weight is 324 g/mol. The highest BCUT2D eigenvalue weighted by Crippen LogP contribution is 2.30. The van der Waals surface area contributed by atoms with Gasteiger partial charge in [-0.1, -0.05) is 47.5 Å². The van der Waals surface area contributed by atoms with Crippen LogP contribution in [0.5, 0.6) is 5.75 Å². The minimum Gasteiger partial charge on any atom is -0.494 e. The maximum Gasteiger partial charge on any atom is 0.119 e. The number of benzene rings is 2. The van der Waals surface area contributed by atoms with Crippen molar-refractivity contribution < 1.29 is 4.74 Å². The number of rotatable bonds is 6. The van der Waals surface area contributed by atoms with Crippen LogP contribution in [0.4, 0.5) is 0 Å². The molecule has 0 radical (unpaired) electrons. The van der Waals surface area contributed by atoms with Crippen molar-refractivity contribution >= 4 is 23.2 Å². The monoisotopic (exact) mass is 323 g/mol. The van der Waals surface area contributed by atoms with Crippen LogP contribution in [0.15, 0.2) is 42.5 Å². The van der Waals surface area contributed by atoms with Crippen molar-refractivity contribution in [3.63, 3.8) is 0 Å². The van der Waals surface area contributed by atoms with Crippen LogP contribution in [0, 0.1) is 0 Å². The predicted octanol–water partition coefficient (Wildman–Crippen LogP) is 4.90. The Morgan fingerprint density at radius 2 is 1.90 bits per heavy atom. The van der Waals surface area contributed by atoms with Crippen LogP contribution in [-0.2, 0) is 6.42 Å². The van der Waals surface area contributed by atoms with E-state index in [1.165, 1.54) is 5.56 Å². The lowest BCUT2D eigenvalue weighted by Crippen LogP contribution is -2.19. The summed E-state index contributed by atoms with van der Waals surface area (Å²) in [6, 6.07) is 14.0. The van der Waals surface area contributed by atoms with E-state index in [0.29, 0.717) is 16.7 Å². The molecule has 2 nitrogen and oxygen atoms in total. The maximum atomic E-state index is 6.28. The summed E-state index contributed by atoms with van der Waals surface area (Å²) in [6.07, 6.45) is 0.769. The van der Waals surface area contributed by atoms with Crippen molar-refractivity contribution in [2.45, 2.75) is 19.4 Å². The molecule has 2 aromatic rings. The number of hydrogen-bond donors (Lipinski definition) is 1. The Balaban J connectivity index is 2.23. The van der Waals surface area contributed by atoms with Crippen molar-refractivity contribution in [3.8, 4) is 5.75 Å². The highest BCUT2D eigenvalue weighted by molar-refractivity contribution is 6.42. The van der Waals surface area contributed by atoms with E-state index in [4.69, 9.17) is 27.9 Å². The first kappa shape index (κ1) is 16.2. The van der Waals surface area contributed by atoms with Gasteiger partial charge in [-0.3, -0.25) is 0 Å². The molecule has 0 spiro atoms. The number of halogens is 2. The van der Waals surface area contributed by atoms with Crippen molar-refractivity contribution in [2.24, 2.45) is 0 Å². The number of hydrogen-bond acceptors (Lipinski definition) is 2. The standard InChI is InChI=1S/C17H19Cl2NO/c1-3-21-14-8-4-6-12(10-14)16(20-2)11-13-7-5-9-15(18)17(13)19/h4-10,16,20H,3,11H2,1-2H3. The van der Waals surface area contributed by atoms with E-state index in [-0.39, 0.29) is 6.04 Å². The zero-order valence-electron chi connectivity index (χ0n) is 12.2. The second-order valence-electron chi connectivity index (χ2n) is 4.76. The lowest BCUT2D eigenvalue weighted by atomic mass is 9.99. The molecule has 4 heteroatoms. The van der Waals surface area contributed by atoms with Crippen LogP contribution in [0.25, 0.3) is 0 Å². The molecule has 0 saturated heterocycles. The molecule has 1 N–H and O–H groups in total. The third kappa shape index (κ3) is 4.13.